The van der Waals surface area contributed by atoms with Crippen molar-refractivity contribution in [2.24, 2.45) is 0 Å². The first kappa shape index (κ1) is 10.3. The number of thioether (sulfide) groups is 1. The van der Waals surface area contributed by atoms with E-state index in [1.165, 1.54) is 18.6 Å². The summed E-state index contributed by atoms with van der Waals surface area (Å²) in [6.07, 6.45) is 2.69. The van der Waals surface area contributed by atoms with Gasteiger partial charge in [-0.15, -0.1) is 11.3 Å². The molecule has 0 radical (unpaired) electrons. The molecule has 1 aliphatic heterocycles. The molecule has 1 aliphatic rings. The van der Waals surface area contributed by atoms with Crippen LogP contribution in [0.3, 0.4) is 0 Å². The second-order valence-electron chi connectivity index (χ2n) is 4.05. The van der Waals surface area contributed by atoms with Crippen molar-refractivity contribution in [1.82, 2.24) is 4.98 Å². The van der Waals surface area contributed by atoms with Crippen molar-refractivity contribution >= 4 is 28.2 Å². The van der Waals surface area contributed by atoms with Crippen molar-refractivity contribution in [2.45, 2.75) is 31.4 Å². The summed E-state index contributed by atoms with van der Waals surface area (Å²) in [6.45, 7) is 5.43. The van der Waals surface area contributed by atoms with Crippen LogP contribution in [0.2, 0.25) is 0 Å². The predicted octanol–water partition coefficient (Wildman–Crippen LogP) is 3.15. The topological polar surface area (TPSA) is 24.9 Å². The van der Waals surface area contributed by atoms with Crippen LogP contribution in [0, 0.1) is 6.92 Å². The fourth-order valence-corrected chi connectivity index (χ4v) is 3.61. The highest BCUT2D eigenvalue weighted by molar-refractivity contribution is 8.00. The highest BCUT2D eigenvalue weighted by atomic mass is 32.2. The molecule has 1 aromatic heterocycles. The van der Waals surface area contributed by atoms with Crippen molar-refractivity contribution in [2.75, 3.05) is 17.6 Å². The molecule has 0 saturated carbocycles. The standard InChI is InChI=1S/C10H16N2S2/c1-8-6-13-9(12-8)11-7-10(2)4-3-5-14-10/h6H,3-5,7H2,1-2H3,(H,11,12). The van der Waals surface area contributed by atoms with Crippen LogP contribution in [0.1, 0.15) is 25.5 Å². The van der Waals surface area contributed by atoms with Gasteiger partial charge in [0.1, 0.15) is 0 Å². The number of hydrogen-bond donors (Lipinski definition) is 1. The largest absolute Gasteiger partial charge is 0.360 e. The van der Waals surface area contributed by atoms with E-state index < -0.39 is 0 Å². The van der Waals surface area contributed by atoms with Crippen molar-refractivity contribution in [3.63, 3.8) is 0 Å². The lowest BCUT2D eigenvalue weighted by molar-refractivity contribution is 0.634. The fourth-order valence-electron chi connectivity index (χ4n) is 1.67. The monoisotopic (exact) mass is 228 g/mol. The predicted molar refractivity (Wildman–Crippen MR) is 65.4 cm³/mol. The van der Waals surface area contributed by atoms with Crippen molar-refractivity contribution in [3.8, 4) is 0 Å². The highest BCUT2D eigenvalue weighted by Gasteiger charge is 2.29. The molecule has 0 bridgehead atoms. The van der Waals surface area contributed by atoms with E-state index in [1.54, 1.807) is 11.3 Å². The Morgan fingerprint density at radius 1 is 1.64 bits per heavy atom. The molecule has 1 fully saturated rings. The number of aromatic nitrogens is 1. The average Bonchev–Trinajstić information content (AvgIpc) is 2.73. The molecule has 2 heterocycles. The molecule has 1 unspecified atom stereocenters. The van der Waals surface area contributed by atoms with Gasteiger partial charge in [-0.2, -0.15) is 11.8 Å². The van der Waals surface area contributed by atoms with E-state index in [-0.39, 0.29) is 0 Å². The van der Waals surface area contributed by atoms with Crippen LogP contribution in [-0.4, -0.2) is 22.0 Å². The number of nitrogens with one attached hydrogen (secondary N) is 1. The van der Waals surface area contributed by atoms with E-state index in [0.29, 0.717) is 4.75 Å². The summed E-state index contributed by atoms with van der Waals surface area (Å²) >= 11 is 3.79. The maximum Gasteiger partial charge on any atom is 0.182 e. The number of nitrogens with zero attached hydrogens (tertiary/aromatic N) is 1. The van der Waals surface area contributed by atoms with E-state index in [1.807, 2.05) is 6.92 Å². The Morgan fingerprint density at radius 3 is 3.07 bits per heavy atom. The minimum absolute atomic E-state index is 0.430. The van der Waals surface area contributed by atoms with Gasteiger partial charge < -0.3 is 5.32 Å². The first-order valence-electron chi connectivity index (χ1n) is 4.98. The zero-order valence-corrected chi connectivity index (χ0v) is 10.3. The molecule has 78 valence electrons. The first-order chi connectivity index (χ1) is 6.68. The lowest BCUT2D eigenvalue weighted by Gasteiger charge is -2.22. The van der Waals surface area contributed by atoms with E-state index in [2.05, 4.69) is 34.4 Å². The third-order valence-corrected chi connectivity index (χ3v) is 4.99. The Hall–Kier alpha value is -0.220. The smallest absolute Gasteiger partial charge is 0.182 e. The molecule has 2 nitrogen and oxygen atoms in total. The van der Waals surface area contributed by atoms with E-state index in [0.717, 1.165) is 17.4 Å². The Kier molecular flexibility index (Phi) is 3.02. The van der Waals surface area contributed by atoms with Gasteiger partial charge in [-0.3, -0.25) is 0 Å². The van der Waals surface area contributed by atoms with Gasteiger partial charge in [0, 0.05) is 16.7 Å². The number of aryl methyl sites for hydroxylation is 1. The molecule has 0 aromatic carbocycles. The third-order valence-electron chi connectivity index (χ3n) is 2.53. The van der Waals surface area contributed by atoms with Gasteiger partial charge in [-0.05, 0) is 32.4 Å². The zero-order chi connectivity index (χ0) is 10.0. The molecule has 1 saturated heterocycles. The molecule has 1 aromatic rings. The molecule has 1 atom stereocenters. The highest BCUT2D eigenvalue weighted by Crippen LogP contribution is 2.37. The van der Waals surface area contributed by atoms with E-state index in [4.69, 9.17) is 0 Å². The van der Waals surface area contributed by atoms with Crippen LogP contribution in [-0.2, 0) is 0 Å². The molecular formula is C10H16N2S2. The van der Waals surface area contributed by atoms with Gasteiger partial charge in [0.05, 0.1) is 5.69 Å². The SMILES string of the molecule is Cc1csc(NCC2(C)CCCS2)n1. The van der Waals surface area contributed by atoms with Crippen molar-refractivity contribution < 1.29 is 0 Å². The van der Waals surface area contributed by atoms with Crippen LogP contribution in [0.5, 0.6) is 0 Å². The quantitative estimate of drug-likeness (QED) is 0.860. The Balaban J connectivity index is 1.87. The summed E-state index contributed by atoms with van der Waals surface area (Å²) in [5, 5.41) is 6.59. The maximum absolute atomic E-state index is 4.40. The van der Waals surface area contributed by atoms with E-state index >= 15 is 0 Å². The van der Waals surface area contributed by atoms with Crippen molar-refractivity contribution in [3.05, 3.63) is 11.1 Å². The summed E-state index contributed by atoms with van der Waals surface area (Å²) in [5.74, 6) is 1.31. The van der Waals surface area contributed by atoms with Crippen LogP contribution >= 0.6 is 23.1 Å². The summed E-state index contributed by atoms with van der Waals surface area (Å²) in [4.78, 5) is 4.40. The van der Waals surface area contributed by atoms with Crippen LogP contribution in [0.25, 0.3) is 0 Å². The molecule has 0 aliphatic carbocycles. The van der Waals surface area contributed by atoms with Gasteiger partial charge in [0.25, 0.3) is 0 Å². The van der Waals surface area contributed by atoms with Crippen LogP contribution in [0.15, 0.2) is 5.38 Å². The minimum atomic E-state index is 0.430. The lowest BCUT2D eigenvalue weighted by atomic mass is 10.1. The minimum Gasteiger partial charge on any atom is -0.360 e. The second-order valence-corrected chi connectivity index (χ2v) is 6.59. The molecule has 0 amide bonds. The average molecular weight is 228 g/mol. The molecule has 14 heavy (non-hydrogen) atoms. The number of thiazole rings is 1. The third kappa shape index (κ3) is 2.42. The van der Waals surface area contributed by atoms with E-state index in [9.17, 15) is 0 Å². The Labute approximate surface area is 93.5 Å². The number of anilines is 1. The van der Waals surface area contributed by atoms with Gasteiger partial charge in [0.2, 0.25) is 0 Å². The Morgan fingerprint density at radius 2 is 2.50 bits per heavy atom. The number of rotatable bonds is 3. The van der Waals surface area contributed by atoms with Crippen molar-refractivity contribution in [1.29, 1.82) is 0 Å². The zero-order valence-electron chi connectivity index (χ0n) is 8.67. The Bertz CT molecular complexity index is 303. The summed E-state index contributed by atoms with van der Waals surface area (Å²) in [6, 6.07) is 0. The molecule has 4 heteroatoms. The number of hydrogen-bond acceptors (Lipinski definition) is 4. The first-order valence-corrected chi connectivity index (χ1v) is 6.84. The lowest BCUT2D eigenvalue weighted by Crippen LogP contribution is -2.26. The second kappa shape index (κ2) is 4.11. The van der Waals surface area contributed by atoms with Gasteiger partial charge in [-0.25, -0.2) is 4.98 Å². The van der Waals surface area contributed by atoms with Gasteiger partial charge in [0.15, 0.2) is 5.13 Å². The van der Waals surface area contributed by atoms with Crippen LogP contribution < -0.4 is 5.32 Å². The maximum atomic E-state index is 4.40. The molecule has 2 rings (SSSR count). The summed E-state index contributed by atoms with van der Waals surface area (Å²) in [5.41, 5.74) is 1.11. The fraction of sp³-hybridized carbons (Fsp3) is 0.700. The normalized spacial score (nSPS) is 26.7. The van der Waals surface area contributed by atoms with Gasteiger partial charge in [-0.1, -0.05) is 0 Å². The molecule has 0 spiro atoms. The van der Waals surface area contributed by atoms with Crippen LogP contribution in [0.4, 0.5) is 5.13 Å². The summed E-state index contributed by atoms with van der Waals surface area (Å²) < 4.78 is 0.430. The molecule has 1 N–H and O–H groups in total. The molecular weight excluding hydrogens is 212 g/mol. The van der Waals surface area contributed by atoms with Gasteiger partial charge >= 0.3 is 0 Å². The summed E-state index contributed by atoms with van der Waals surface area (Å²) in [7, 11) is 0.